The van der Waals surface area contributed by atoms with E-state index >= 15 is 0 Å². The van der Waals surface area contributed by atoms with Crippen molar-refractivity contribution in [3.63, 3.8) is 0 Å². The van der Waals surface area contributed by atoms with Crippen molar-refractivity contribution < 1.29 is 23.2 Å². The molecule has 0 radical (unpaired) electrons. The number of carbonyl (C=O) groups is 3. The van der Waals surface area contributed by atoms with Crippen molar-refractivity contribution in [2.45, 2.75) is 63.5 Å². The lowest BCUT2D eigenvalue weighted by molar-refractivity contribution is -0.136. The van der Waals surface area contributed by atoms with Crippen LogP contribution < -0.4 is 16.7 Å². The maximum atomic E-state index is 13.5. The van der Waals surface area contributed by atoms with Crippen LogP contribution in [-0.2, 0) is 34.3 Å². The molecular formula is C30H35F2N5O4. The van der Waals surface area contributed by atoms with Gasteiger partial charge in [0.15, 0.2) is 11.6 Å². The highest BCUT2D eigenvalue weighted by Gasteiger charge is 2.32. The lowest BCUT2D eigenvalue weighted by Gasteiger charge is -2.33. The van der Waals surface area contributed by atoms with Gasteiger partial charge >= 0.3 is 5.69 Å². The molecule has 2 aromatic carbocycles. The second kappa shape index (κ2) is 11.9. The van der Waals surface area contributed by atoms with E-state index in [2.05, 4.69) is 5.32 Å². The highest BCUT2D eigenvalue weighted by atomic mass is 19.2. The van der Waals surface area contributed by atoms with Gasteiger partial charge in [-0.25, -0.2) is 13.6 Å². The Kier molecular flexibility index (Phi) is 8.35. The molecular weight excluding hydrogens is 532 g/mol. The summed E-state index contributed by atoms with van der Waals surface area (Å²) >= 11 is 0. The van der Waals surface area contributed by atoms with Gasteiger partial charge in [0, 0.05) is 26.6 Å². The van der Waals surface area contributed by atoms with Crippen LogP contribution in [0.1, 0.15) is 55.7 Å². The molecule has 3 aromatic rings. The van der Waals surface area contributed by atoms with Crippen molar-refractivity contribution in [1.82, 2.24) is 19.4 Å². The zero-order chi connectivity index (χ0) is 29.3. The van der Waals surface area contributed by atoms with Crippen LogP contribution in [0.2, 0.25) is 0 Å². The summed E-state index contributed by atoms with van der Waals surface area (Å²) in [4.78, 5) is 51.9. The van der Waals surface area contributed by atoms with Crippen LogP contribution in [0.5, 0.6) is 0 Å². The number of amides is 3. The first-order chi connectivity index (χ1) is 19.6. The number of aromatic nitrogens is 2. The standard InChI is InChI=1S/C30H35F2N5O4/c1-35-27-20(6-3-7-24(27)37(30(35)41)25-10-11-26(38)34-28(25)39)5-2-4-18-12-14-36(15-13-18)29(40)23(33)17-19-8-9-21(31)22(32)16-19/h3,6-9,16,18,23,25H,2,4-5,10-15,17,33H2,1H3,(H,34,38,39). The Bertz CT molecular complexity index is 1540. The number of imidazole rings is 1. The lowest BCUT2D eigenvalue weighted by Crippen LogP contribution is -2.48. The van der Waals surface area contributed by atoms with Crippen molar-refractivity contribution in [2.24, 2.45) is 18.7 Å². The Morgan fingerprint density at radius 3 is 2.54 bits per heavy atom. The fraction of sp³-hybridized carbons (Fsp3) is 0.467. The molecule has 2 aliphatic heterocycles. The van der Waals surface area contributed by atoms with E-state index in [0.29, 0.717) is 36.5 Å². The minimum Gasteiger partial charge on any atom is -0.341 e. The molecule has 218 valence electrons. The van der Waals surface area contributed by atoms with E-state index in [0.717, 1.165) is 55.3 Å². The molecule has 2 saturated heterocycles. The first-order valence-corrected chi connectivity index (χ1v) is 14.1. The average molecular weight is 568 g/mol. The number of nitrogens with two attached hydrogens (primary N) is 1. The number of nitrogens with one attached hydrogen (secondary N) is 1. The number of aryl methyl sites for hydroxylation is 2. The van der Waals surface area contributed by atoms with E-state index < -0.39 is 29.6 Å². The number of likely N-dealkylation sites (tertiary alicyclic amines) is 1. The number of benzene rings is 2. The fourth-order valence-corrected chi connectivity index (χ4v) is 6.22. The molecule has 41 heavy (non-hydrogen) atoms. The predicted octanol–water partition coefficient (Wildman–Crippen LogP) is 2.73. The smallest absolute Gasteiger partial charge is 0.329 e. The van der Waals surface area contributed by atoms with Gasteiger partial charge < -0.3 is 10.6 Å². The number of nitrogens with zero attached hydrogens (tertiary/aromatic N) is 3. The van der Waals surface area contributed by atoms with E-state index in [1.54, 1.807) is 16.5 Å². The molecule has 5 rings (SSSR count). The fourth-order valence-electron chi connectivity index (χ4n) is 6.22. The minimum absolute atomic E-state index is 0.148. The Hall–Kier alpha value is -3.86. The van der Waals surface area contributed by atoms with Gasteiger partial charge in [0.05, 0.1) is 17.1 Å². The summed E-state index contributed by atoms with van der Waals surface area (Å²) in [7, 11) is 1.71. The number of halogens is 2. The SMILES string of the molecule is Cn1c(=O)n(C2CCC(=O)NC2=O)c2cccc(CCCC3CCN(C(=O)C(N)Cc4ccc(F)c(F)c4)CC3)c21. The van der Waals surface area contributed by atoms with Crippen LogP contribution >= 0.6 is 0 Å². The van der Waals surface area contributed by atoms with Gasteiger partial charge in [0.25, 0.3) is 0 Å². The van der Waals surface area contributed by atoms with E-state index in [9.17, 15) is 28.0 Å². The topological polar surface area (TPSA) is 119 Å². The summed E-state index contributed by atoms with van der Waals surface area (Å²) in [5, 5.41) is 2.34. The molecule has 2 unspecified atom stereocenters. The van der Waals surface area contributed by atoms with Gasteiger partial charge in [-0.05, 0) is 80.2 Å². The third-order valence-corrected chi connectivity index (χ3v) is 8.45. The second-order valence-electron chi connectivity index (χ2n) is 11.2. The van der Waals surface area contributed by atoms with E-state index in [1.807, 2.05) is 18.2 Å². The molecule has 11 heteroatoms. The molecule has 3 amide bonds. The molecule has 0 spiro atoms. The number of carbonyl (C=O) groups excluding carboxylic acids is 3. The van der Waals surface area contributed by atoms with E-state index in [4.69, 9.17) is 5.73 Å². The summed E-state index contributed by atoms with van der Waals surface area (Å²) < 4.78 is 29.8. The molecule has 2 atom stereocenters. The number of piperidine rings is 2. The van der Waals surface area contributed by atoms with Crippen LogP contribution in [0.4, 0.5) is 8.78 Å². The van der Waals surface area contributed by atoms with Crippen LogP contribution in [-0.4, -0.2) is 50.9 Å². The summed E-state index contributed by atoms with van der Waals surface area (Å²) in [5.41, 5.74) is 8.84. The number of hydrogen-bond donors (Lipinski definition) is 2. The number of rotatable bonds is 8. The number of imide groups is 1. The van der Waals surface area contributed by atoms with Gasteiger partial charge in [-0.1, -0.05) is 18.2 Å². The molecule has 2 fully saturated rings. The van der Waals surface area contributed by atoms with Crippen molar-refractivity contribution >= 4 is 28.8 Å². The van der Waals surface area contributed by atoms with Crippen molar-refractivity contribution in [1.29, 1.82) is 0 Å². The Morgan fingerprint density at radius 2 is 1.83 bits per heavy atom. The van der Waals surface area contributed by atoms with Gasteiger partial charge in [-0.15, -0.1) is 0 Å². The van der Waals surface area contributed by atoms with E-state index in [-0.39, 0.29) is 30.3 Å². The molecule has 1 aromatic heterocycles. The largest absolute Gasteiger partial charge is 0.341 e. The molecule has 2 aliphatic rings. The monoisotopic (exact) mass is 567 g/mol. The number of para-hydroxylation sites is 1. The molecule has 9 nitrogen and oxygen atoms in total. The van der Waals surface area contributed by atoms with Gasteiger partial charge in [-0.2, -0.15) is 0 Å². The maximum absolute atomic E-state index is 13.5. The first-order valence-electron chi connectivity index (χ1n) is 14.1. The van der Waals surface area contributed by atoms with Crippen LogP contribution in [0.15, 0.2) is 41.2 Å². The molecule has 3 N–H and O–H groups in total. The lowest BCUT2D eigenvalue weighted by atomic mass is 9.90. The average Bonchev–Trinajstić information content (AvgIpc) is 3.21. The Morgan fingerprint density at radius 1 is 1.07 bits per heavy atom. The summed E-state index contributed by atoms with van der Waals surface area (Å²) in [6, 6.07) is 7.79. The molecule has 0 bridgehead atoms. The van der Waals surface area contributed by atoms with Crippen LogP contribution in [0, 0.1) is 17.6 Å². The first kappa shape index (κ1) is 28.7. The Balaban J connectivity index is 1.16. The van der Waals surface area contributed by atoms with Crippen molar-refractivity contribution in [2.75, 3.05) is 13.1 Å². The number of hydrogen-bond acceptors (Lipinski definition) is 5. The van der Waals surface area contributed by atoms with Crippen molar-refractivity contribution in [3.05, 3.63) is 69.6 Å². The highest BCUT2D eigenvalue weighted by Crippen LogP contribution is 2.28. The third kappa shape index (κ3) is 5.95. The molecule has 0 aliphatic carbocycles. The summed E-state index contributed by atoms with van der Waals surface area (Å²) in [5.74, 6) is -2.37. The molecule has 0 saturated carbocycles. The van der Waals surface area contributed by atoms with Gasteiger partial charge in [0.2, 0.25) is 17.7 Å². The number of fused-ring (bicyclic) bond motifs is 1. The van der Waals surface area contributed by atoms with Gasteiger partial charge in [-0.3, -0.25) is 28.8 Å². The summed E-state index contributed by atoms with van der Waals surface area (Å²) in [6.45, 7) is 1.21. The zero-order valence-electron chi connectivity index (χ0n) is 23.1. The van der Waals surface area contributed by atoms with Crippen LogP contribution in [0.25, 0.3) is 11.0 Å². The highest BCUT2D eigenvalue weighted by molar-refractivity contribution is 6.00. The maximum Gasteiger partial charge on any atom is 0.329 e. The normalized spacial score (nSPS) is 19.0. The Labute approximate surface area is 236 Å². The third-order valence-electron chi connectivity index (χ3n) is 8.45. The summed E-state index contributed by atoms with van der Waals surface area (Å²) in [6.07, 6.45) is 5.01. The molecule has 3 heterocycles. The second-order valence-corrected chi connectivity index (χ2v) is 11.2. The zero-order valence-corrected chi connectivity index (χ0v) is 23.1. The van der Waals surface area contributed by atoms with E-state index in [1.165, 1.54) is 10.6 Å². The minimum atomic E-state index is -0.951. The van der Waals surface area contributed by atoms with Crippen LogP contribution in [0.3, 0.4) is 0 Å². The quantitative estimate of drug-likeness (QED) is 0.406. The predicted molar refractivity (Wildman–Crippen MR) is 149 cm³/mol. The van der Waals surface area contributed by atoms with Gasteiger partial charge in [0.1, 0.15) is 6.04 Å². The van der Waals surface area contributed by atoms with Crippen molar-refractivity contribution in [3.8, 4) is 0 Å².